The van der Waals surface area contributed by atoms with Gasteiger partial charge in [-0.1, -0.05) is 12.1 Å². The first-order valence-electron chi connectivity index (χ1n) is 6.07. The second-order valence-corrected chi connectivity index (χ2v) is 4.85. The van der Waals surface area contributed by atoms with Crippen molar-refractivity contribution in [2.45, 2.75) is 13.3 Å². The average Bonchev–Trinajstić information content (AvgIpc) is 2.72. The van der Waals surface area contributed by atoms with E-state index in [9.17, 15) is 0 Å². The highest BCUT2D eigenvalue weighted by atomic mass is 15.1. The number of hydrogen-bond acceptors (Lipinski definition) is 2. The molecule has 3 rings (SSSR count). The average molecular weight is 227 g/mol. The van der Waals surface area contributed by atoms with E-state index in [1.807, 2.05) is 0 Å². The number of likely N-dealkylation sites (N-methyl/N-ethyl adjacent to an activating group) is 1. The molecule has 3 nitrogen and oxygen atoms in total. The Morgan fingerprint density at radius 1 is 1.35 bits per heavy atom. The van der Waals surface area contributed by atoms with Gasteiger partial charge < -0.3 is 9.88 Å². The lowest BCUT2D eigenvalue weighted by molar-refractivity contribution is 0.369. The standard InChI is InChI=1S/C14H17N3/c1-10-3-4-12-13(9-10)16-14(15-12)11-5-7-17(2)8-6-11/h3-5,9H,6-8H2,1-2H3,(H,15,16). The van der Waals surface area contributed by atoms with Crippen LogP contribution in [0.5, 0.6) is 0 Å². The van der Waals surface area contributed by atoms with Gasteiger partial charge in [0.2, 0.25) is 0 Å². The number of H-pyrrole nitrogens is 1. The smallest absolute Gasteiger partial charge is 0.134 e. The number of benzene rings is 1. The normalized spacial score (nSPS) is 17.4. The first-order valence-corrected chi connectivity index (χ1v) is 6.07. The molecule has 2 aromatic rings. The fourth-order valence-electron chi connectivity index (χ4n) is 2.26. The van der Waals surface area contributed by atoms with E-state index < -0.39 is 0 Å². The second kappa shape index (κ2) is 4.00. The molecule has 0 unspecified atom stereocenters. The molecular formula is C14H17N3. The molecule has 0 saturated carbocycles. The topological polar surface area (TPSA) is 31.9 Å². The molecule has 0 atom stereocenters. The molecule has 1 aromatic carbocycles. The summed E-state index contributed by atoms with van der Waals surface area (Å²) in [6, 6.07) is 6.34. The summed E-state index contributed by atoms with van der Waals surface area (Å²) >= 11 is 0. The van der Waals surface area contributed by atoms with Gasteiger partial charge in [-0.25, -0.2) is 4.98 Å². The van der Waals surface area contributed by atoms with Crippen LogP contribution >= 0.6 is 0 Å². The zero-order valence-corrected chi connectivity index (χ0v) is 10.3. The van der Waals surface area contributed by atoms with Crippen LogP contribution in [0.25, 0.3) is 16.6 Å². The van der Waals surface area contributed by atoms with Crippen LogP contribution in [0.4, 0.5) is 0 Å². The van der Waals surface area contributed by atoms with Crippen molar-refractivity contribution in [3.63, 3.8) is 0 Å². The minimum atomic E-state index is 1.02. The van der Waals surface area contributed by atoms with E-state index in [2.05, 4.69) is 53.1 Å². The van der Waals surface area contributed by atoms with Crippen LogP contribution in [0.15, 0.2) is 24.3 Å². The number of rotatable bonds is 1. The molecule has 1 N–H and O–H groups in total. The largest absolute Gasteiger partial charge is 0.338 e. The first kappa shape index (κ1) is 10.5. The Morgan fingerprint density at radius 3 is 3.00 bits per heavy atom. The third-order valence-corrected chi connectivity index (χ3v) is 3.35. The Balaban J connectivity index is 2.01. The predicted molar refractivity (Wildman–Crippen MR) is 70.9 cm³/mol. The van der Waals surface area contributed by atoms with Crippen LogP contribution < -0.4 is 0 Å². The van der Waals surface area contributed by atoms with Gasteiger partial charge in [0.05, 0.1) is 11.0 Å². The summed E-state index contributed by atoms with van der Waals surface area (Å²) < 4.78 is 0. The lowest BCUT2D eigenvalue weighted by Gasteiger charge is -2.20. The molecule has 0 aliphatic carbocycles. The molecule has 3 heteroatoms. The van der Waals surface area contributed by atoms with Crippen molar-refractivity contribution in [1.82, 2.24) is 14.9 Å². The summed E-state index contributed by atoms with van der Waals surface area (Å²) in [6.45, 7) is 4.24. The van der Waals surface area contributed by atoms with E-state index >= 15 is 0 Å². The molecule has 0 amide bonds. The Kier molecular flexibility index (Phi) is 2.48. The minimum Gasteiger partial charge on any atom is -0.338 e. The lowest BCUT2D eigenvalue weighted by atomic mass is 10.1. The van der Waals surface area contributed by atoms with Crippen LogP contribution in [0.1, 0.15) is 17.8 Å². The molecule has 0 fully saturated rings. The second-order valence-electron chi connectivity index (χ2n) is 4.85. The van der Waals surface area contributed by atoms with E-state index in [0.29, 0.717) is 0 Å². The van der Waals surface area contributed by atoms with Gasteiger partial charge in [-0.15, -0.1) is 0 Å². The van der Waals surface area contributed by atoms with Crippen LogP contribution in [0.2, 0.25) is 0 Å². The molecule has 1 aliphatic heterocycles. The SMILES string of the molecule is Cc1ccc2nc(C3=CCN(C)CC3)[nH]c2c1. The van der Waals surface area contributed by atoms with Crippen molar-refractivity contribution in [3.8, 4) is 0 Å². The van der Waals surface area contributed by atoms with Gasteiger partial charge in [0, 0.05) is 13.1 Å². The summed E-state index contributed by atoms with van der Waals surface area (Å²) in [4.78, 5) is 10.4. The van der Waals surface area contributed by atoms with Gasteiger partial charge in [0.15, 0.2) is 0 Å². The quantitative estimate of drug-likeness (QED) is 0.812. The Bertz CT molecular complexity index is 580. The van der Waals surface area contributed by atoms with E-state index in [0.717, 1.165) is 36.4 Å². The molecule has 17 heavy (non-hydrogen) atoms. The molecule has 0 spiro atoms. The van der Waals surface area contributed by atoms with Crippen molar-refractivity contribution in [2.75, 3.05) is 20.1 Å². The van der Waals surface area contributed by atoms with Crippen molar-refractivity contribution < 1.29 is 0 Å². The zero-order valence-electron chi connectivity index (χ0n) is 10.3. The third-order valence-electron chi connectivity index (χ3n) is 3.35. The van der Waals surface area contributed by atoms with Gasteiger partial charge in [-0.05, 0) is 43.7 Å². The summed E-state index contributed by atoms with van der Waals surface area (Å²) in [7, 11) is 2.15. The highest BCUT2D eigenvalue weighted by Gasteiger charge is 2.12. The number of aromatic amines is 1. The van der Waals surface area contributed by atoms with Crippen molar-refractivity contribution in [1.29, 1.82) is 0 Å². The van der Waals surface area contributed by atoms with Crippen LogP contribution in [0, 0.1) is 6.92 Å². The van der Waals surface area contributed by atoms with Gasteiger partial charge in [0.1, 0.15) is 5.82 Å². The molecule has 88 valence electrons. The maximum Gasteiger partial charge on any atom is 0.134 e. The number of fused-ring (bicyclic) bond motifs is 1. The number of aromatic nitrogens is 2. The van der Waals surface area contributed by atoms with E-state index in [1.54, 1.807) is 0 Å². The van der Waals surface area contributed by atoms with Crippen molar-refractivity contribution in [3.05, 3.63) is 35.7 Å². The van der Waals surface area contributed by atoms with Crippen molar-refractivity contribution in [2.24, 2.45) is 0 Å². The first-order chi connectivity index (χ1) is 8.22. The zero-order chi connectivity index (χ0) is 11.8. The van der Waals surface area contributed by atoms with Crippen LogP contribution in [0.3, 0.4) is 0 Å². The number of imidazole rings is 1. The molecule has 2 heterocycles. The predicted octanol–water partition coefficient (Wildman–Crippen LogP) is 2.59. The molecule has 0 saturated heterocycles. The van der Waals surface area contributed by atoms with E-state index in [1.165, 1.54) is 11.1 Å². The number of aryl methyl sites for hydroxylation is 1. The Hall–Kier alpha value is -1.61. The summed E-state index contributed by atoms with van der Waals surface area (Å²) in [6.07, 6.45) is 3.35. The summed E-state index contributed by atoms with van der Waals surface area (Å²) in [5, 5.41) is 0. The molecule has 0 radical (unpaired) electrons. The fraction of sp³-hybridized carbons (Fsp3) is 0.357. The Morgan fingerprint density at radius 2 is 2.24 bits per heavy atom. The fourth-order valence-corrected chi connectivity index (χ4v) is 2.26. The van der Waals surface area contributed by atoms with Gasteiger partial charge >= 0.3 is 0 Å². The Labute approximate surface area is 101 Å². The number of hydrogen-bond donors (Lipinski definition) is 1. The van der Waals surface area contributed by atoms with Crippen LogP contribution in [-0.2, 0) is 0 Å². The maximum atomic E-state index is 4.66. The van der Waals surface area contributed by atoms with Gasteiger partial charge in [-0.3, -0.25) is 0 Å². The highest BCUT2D eigenvalue weighted by molar-refractivity contribution is 5.79. The maximum absolute atomic E-state index is 4.66. The minimum absolute atomic E-state index is 1.02. The summed E-state index contributed by atoms with van der Waals surface area (Å²) in [5.74, 6) is 1.04. The van der Waals surface area contributed by atoms with E-state index in [-0.39, 0.29) is 0 Å². The van der Waals surface area contributed by atoms with Crippen LogP contribution in [-0.4, -0.2) is 35.0 Å². The number of nitrogens with one attached hydrogen (secondary N) is 1. The lowest BCUT2D eigenvalue weighted by Crippen LogP contribution is -2.23. The highest BCUT2D eigenvalue weighted by Crippen LogP contribution is 2.22. The van der Waals surface area contributed by atoms with Crippen molar-refractivity contribution >= 4 is 16.6 Å². The third kappa shape index (κ3) is 1.98. The van der Waals surface area contributed by atoms with Gasteiger partial charge in [0.25, 0.3) is 0 Å². The summed E-state index contributed by atoms with van der Waals surface area (Å²) in [5.41, 5.74) is 4.81. The molecule has 0 bridgehead atoms. The van der Waals surface area contributed by atoms with E-state index in [4.69, 9.17) is 0 Å². The molecule has 1 aliphatic rings. The molecular weight excluding hydrogens is 210 g/mol. The number of nitrogens with zero attached hydrogens (tertiary/aromatic N) is 2. The monoisotopic (exact) mass is 227 g/mol. The molecule has 1 aromatic heterocycles. The van der Waals surface area contributed by atoms with Gasteiger partial charge in [-0.2, -0.15) is 0 Å².